The van der Waals surface area contributed by atoms with Crippen LogP contribution in [0.25, 0.3) is 0 Å². The number of hydrogen-bond acceptors (Lipinski definition) is 4. The molecule has 1 heterocycles. The van der Waals surface area contributed by atoms with Gasteiger partial charge < -0.3 is 14.8 Å². The van der Waals surface area contributed by atoms with Crippen molar-refractivity contribution < 1.29 is 9.47 Å². The van der Waals surface area contributed by atoms with E-state index in [9.17, 15) is 0 Å². The van der Waals surface area contributed by atoms with Crippen molar-refractivity contribution in [3.8, 4) is 11.5 Å². The number of nitrogens with one attached hydrogen (secondary N) is 1. The van der Waals surface area contributed by atoms with Crippen LogP contribution < -0.4 is 14.8 Å². The van der Waals surface area contributed by atoms with E-state index in [1.165, 1.54) is 11.3 Å². The second-order valence-corrected chi connectivity index (χ2v) is 5.20. The molecule has 0 saturated carbocycles. The third kappa shape index (κ3) is 2.85. The average Bonchev–Trinajstić information content (AvgIpc) is 2.96. The summed E-state index contributed by atoms with van der Waals surface area (Å²) in [7, 11) is 3.35. The molecule has 110 valence electrons. The van der Waals surface area contributed by atoms with Crippen LogP contribution in [0.4, 0.5) is 0 Å². The molecule has 0 fully saturated rings. The van der Waals surface area contributed by atoms with Gasteiger partial charge in [0.05, 0.1) is 26.0 Å². The maximum absolute atomic E-state index is 5.44. The van der Waals surface area contributed by atoms with Gasteiger partial charge in [0.1, 0.15) is 11.5 Å². The molecule has 1 unspecified atom stereocenters. The van der Waals surface area contributed by atoms with Crippen LogP contribution in [0.15, 0.2) is 36.5 Å². The summed E-state index contributed by atoms with van der Waals surface area (Å²) in [6, 6.07) is 10.4. The van der Waals surface area contributed by atoms with Gasteiger partial charge in [0.15, 0.2) is 0 Å². The van der Waals surface area contributed by atoms with Gasteiger partial charge in [-0.15, -0.1) is 0 Å². The Labute approximate surface area is 125 Å². The zero-order valence-corrected chi connectivity index (χ0v) is 12.4. The second kappa shape index (κ2) is 6.14. The van der Waals surface area contributed by atoms with Crippen molar-refractivity contribution in [2.24, 2.45) is 0 Å². The predicted octanol–water partition coefficient (Wildman–Crippen LogP) is 2.88. The van der Waals surface area contributed by atoms with E-state index in [0.29, 0.717) is 6.04 Å². The van der Waals surface area contributed by atoms with E-state index >= 15 is 0 Å². The van der Waals surface area contributed by atoms with Crippen molar-refractivity contribution in [3.05, 3.63) is 53.3 Å². The van der Waals surface area contributed by atoms with Gasteiger partial charge in [-0.25, -0.2) is 0 Å². The lowest BCUT2D eigenvalue weighted by molar-refractivity contribution is 0.388. The SMILES string of the molecule is COc1ccc(CNC2CCc3cccnc32)c(OC)c1. The van der Waals surface area contributed by atoms with Crippen molar-refractivity contribution in [2.75, 3.05) is 14.2 Å². The van der Waals surface area contributed by atoms with Gasteiger partial charge in [-0.1, -0.05) is 12.1 Å². The molecule has 1 N–H and O–H groups in total. The van der Waals surface area contributed by atoms with E-state index in [0.717, 1.165) is 36.4 Å². The molecule has 0 amide bonds. The Kier molecular flexibility index (Phi) is 4.06. The number of nitrogens with zero attached hydrogens (tertiary/aromatic N) is 1. The van der Waals surface area contributed by atoms with Gasteiger partial charge in [0, 0.05) is 24.4 Å². The summed E-state index contributed by atoms with van der Waals surface area (Å²) in [5, 5.41) is 3.58. The van der Waals surface area contributed by atoms with Crippen LogP contribution in [0.2, 0.25) is 0 Å². The number of aryl methyl sites for hydroxylation is 1. The summed E-state index contributed by atoms with van der Waals surface area (Å²) in [6.07, 6.45) is 4.07. The van der Waals surface area contributed by atoms with Gasteiger partial charge in [-0.05, 0) is 30.5 Å². The highest BCUT2D eigenvalue weighted by Crippen LogP contribution is 2.30. The fourth-order valence-corrected chi connectivity index (χ4v) is 2.84. The minimum Gasteiger partial charge on any atom is -0.497 e. The molecule has 1 atom stereocenters. The molecule has 3 rings (SSSR count). The van der Waals surface area contributed by atoms with Crippen LogP contribution in [0, 0.1) is 0 Å². The Hall–Kier alpha value is -2.07. The van der Waals surface area contributed by atoms with E-state index in [1.807, 2.05) is 30.5 Å². The standard InChI is InChI=1S/C17H20N2O2/c1-20-14-7-5-13(16(10-14)21-2)11-19-15-8-6-12-4-3-9-18-17(12)15/h3-5,7,9-10,15,19H,6,8,11H2,1-2H3. The van der Waals surface area contributed by atoms with Crippen molar-refractivity contribution in [1.82, 2.24) is 10.3 Å². The lowest BCUT2D eigenvalue weighted by Crippen LogP contribution is -2.19. The van der Waals surface area contributed by atoms with Crippen LogP contribution in [0.1, 0.15) is 29.3 Å². The number of aromatic nitrogens is 1. The molecule has 1 aromatic carbocycles. The first-order chi connectivity index (χ1) is 10.3. The second-order valence-electron chi connectivity index (χ2n) is 5.20. The molecule has 21 heavy (non-hydrogen) atoms. The number of ether oxygens (including phenoxy) is 2. The van der Waals surface area contributed by atoms with Gasteiger partial charge in [-0.3, -0.25) is 4.98 Å². The van der Waals surface area contributed by atoms with Crippen LogP contribution in [0.3, 0.4) is 0 Å². The van der Waals surface area contributed by atoms with Crippen molar-refractivity contribution in [2.45, 2.75) is 25.4 Å². The van der Waals surface area contributed by atoms with Crippen molar-refractivity contribution >= 4 is 0 Å². The van der Waals surface area contributed by atoms with Crippen LogP contribution in [-0.4, -0.2) is 19.2 Å². The van der Waals surface area contributed by atoms with E-state index in [1.54, 1.807) is 14.2 Å². The molecular formula is C17H20N2O2. The number of hydrogen-bond donors (Lipinski definition) is 1. The molecule has 0 aliphatic heterocycles. The largest absolute Gasteiger partial charge is 0.497 e. The summed E-state index contributed by atoms with van der Waals surface area (Å²) in [5.41, 5.74) is 3.67. The maximum Gasteiger partial charge on any atom is 0.127 e. The topological polar surface area (TPSA) is 43.4 Å². The number of fused-ring (bicyclic) bond motifs is 1. The summed E-state index contributed by atoms with van der Waals surface area (Å²) in [6.45, 7) is 0.758. The molecule has 0 saturated heterocycles. The Morgan fingerprint density at radius 1 is 1.24 bits per heavy atom. The number of benzene rings is 1. The average molecular weight is 284 g/mol. The zero-order valence-electron chi connectivity index (χ0n) is 12.4. The minimum atomic E-state index is 0.327. The van der Waals surface area contributed by atoms with E-state index in [4.69, 9.17) is 9.47 Å². The fourth-order valence-electron chi connectivity index (χ4n) is 2.84. The molecule has 4 nitrogen and oxygen atoms in total. The minimum absolute atomic E-state index is 0.327. The molecule has 2 aromatic rings. The van der Waals surface area contributed by atoms with Crippen LogP contribution >= 0.6 is 0 Å². The fraction of sp³-hybridized carbons (Fsp3) is 0.353. The summed E-state index contributed by atoms with van der Waals surface area (Å²) >= 11 is 0. The molecule has 1 aromatic heterocycles. The first kappa shape index (κ1) is 13.9. The van der Waals surface area contributed by atoms with Crippen molar-refractivity contribution in [1.29, 1.82) is 0 Å². The van der Waals surface area contributed by atoms with Gasteiger partial charge in [0.2, 0.25) is 0 Å². The number of rotatable bonds is 5. The van der Waals surface area contributed by atoms with Crippen molar-refractivity contribution in [3.63, 3.8) is 0 Å². The quantitative estimate of drug-likeness (QED) is 0.917. The highest BCUT2D eigenvalue weighted by atomic mass is 16.5. The van der Waals surface area contributed by atoms with Crippen LogP contribution in [0.5, 0.6) is 11.5 Å². The Bertz CT molecular complexity index is 628. The van der Waals surface area contributed by atoms with E-state index in [2.05, 4.69) is 16.4 Å². The lowest BCUT2D eigenvalue weighted by atomic mass is 10.1. The van der Waals surface area contributed by atoms with E-state index in [-0.39, 0.29) is 0 Å². The Balaban J connectivity index is 1.71. The molecule has 0 spiro atoms. The molecule has 0 bridgehead atoms. The van der Waals surface area contributed by atoms with Gasteiger partial charge in [-0.2, -0.15) is 0 Å². The predicted molar refractivity (Wildman–Crippen MR) is 81.7 cm³/mol. The van der Waals surface area contributed by atoms with Gasteiger partial charge in [0.25, 0.3) is 0 Å². The van der Waals surface area contributed by atoms with Gasteiger partial charge >= 0.3 is 0 Å². The molecule has 0 radical (unpaired) electrons. The zero-order chi connectivity index (χ0) is 14.7. The third-order valence-electron chi connectivity index (χ3n) is 3.99. The third-order valence-corrected chi connectivity index (χ3v) is 3.99. The molecule has 4 heteroatoms. The van der Waals surface area contributed by atoms with Crippen LogP contribution in [-0.2, 0) is 13.0 Å². The van der Waals surface area contributed by atoms with E-state index < -0.39 is 0 Å². The summed E-state index contributed by atoms with van der Waals surface area (Å²) < 4.78 is 10.7. The molecular weight excluding hydrogens is 264 g/mol. The molecule has 1 aliphatic rings. The summed E-state index contributed by atoms with van der Waals surface area (Å²) in [4.78, 5) is 4.51. The normalized spacial score (nSPS) is 16.6. The monoisotopic (exact) mass is 284 g/mol. The Morgan fingerprint density at radius 2 is 2.14 bits per heavy atom. The lowest BCUT2D eigenvalue weighted by Gasteiger charge is -2.15. The highest BCUT2D eigenvalue weighted by molar-refractivity contribution is 5.41. The Morgan fingerprint density at radius 3 is 2.95 bits per heavy atom. The molecule has 1 aliphatic carbocycles. The maximum atomic E-state index is 5.44. The highest BCUT2D eigenvalue weighted by Gasteiger charge is 2.23. The summed E-state index contributed by atoms with van der Waals surface area (Å²) in [5.74, 6) is 1.66. The smallest absolute Gasteiger partial charge is 0.127 e. The number of pyridine rings is 1. The number of methoxy groups -OCH3 is 2. The first-order valence-electron chi connectivity index (χ1n) is 7.20. The first-order valence-corrected chi connectivity index (χ1v) is 7.20.